The first-order valence-electron chi connectivity index (χ1n) is 5.75. The van der Waals surface area contributed by atoms with E-state index in [1.165, 1.54) is 12.3 Å². The topological polar surface area (TPSA) is 108 Å². The predicted octanol–water partition coefficient (Wildman–Crippen LogP) is 0.908. The highest BCUT2D eigenvalue weighted by atomic mass is 16.5. The number of nitrogens with one attached hydrogen (secondary N) is 1. The average molecular weight is 274 g/mol. The third kappa shape index (κ3) is 1.99. The van der Waals surface area contributed by atoms with E-state index in [-0.39, 0.29) is 17.9 Å². The summed E-state index contributed by atoms with van der Waals surface area (Å²) >= 11 is 0. The van der Waals surface area contributed by atoms with Crippen molar-refractivity contribution in [1.82, 2.24) is 5.43 Å². The molecule has 0 fully saturated rings. The number of benzene rings is 1. The molecule has 0 unspecified atom stereocenters. The Morgan fingerprint density at radius 3 is 2.85 bits per heavy atom. The summed E-state index contributed by atoms with van der Waals surface area (Å²) in [5.41, 5.74) is 2.06. The van der Waals surface area contributed by atoms with Crippen molar-refractivity contribution in [3.05, 3.63) is 40.9 Å². The fourth-order valence-electron chi connectivity index (χ4n) is 1.92. The van der Waals surface area contributed by atoms with E-state index in [4.69, 9.17) is 19.4 Å². The molecule has 2 aromatic heterocycles. The highest BCUT2D eigenvalue weighted by Gasteiger charge is 2.15. The van der Waals surface area contributed by atoms with Gasteiger partial charge in [-0.05, 0) is 18.2 Å². The van der Waals surface area contributed by atoms with Crippen LogP contribution in [0, 0.1) is 0 Å². The van der Waals surface area contributed by atoms with Gasteiger partial charge in [0, 0.05) is 16.8 Å². The van der Waals surface area contributed by atoms with Gasteiger partial charge in [-0.15, -0.1) is 0 Å². The molecule has 0 aliphatic rings. The maximum absolute atomic E-state index is 11.4. The van der Waals surface area contributed by atoms with E-state index in [1.807, 2.05) is 5.43 Å². The lowest BCUT2D eigenvalue weighted by atomic mass is 10.1. The largest absolute Gasteiger partial charge is 0.476 e. The highest BCUT2D eigenvalue weighted by Crippen LogP contribution is 2.34. The second-order valence-electron chi connectivity index (χ2n) is 4.07. The van der Waals surface area contributed by atoms with Crippen LogP contribution in [0.4, 0.5) is 0 Å². The van der Waals surface area contributed by atoms with E-state index in [9.17, 15) is 9.59 Å². The third-order valence-corrected chi connectivity index (χ3v) is 2.79. The second-order valence-corrected chi connectivity index (χ2v) is 4.07. The molecule has 0 bridgehead atoms. The number of hydrogen-bond donors (Lipinski definition) is 2. The van der Waals surface area contributed by atoms with Crippen LogP contribution < -0.4 is 21.6 Å². The van der Waals surface area contributed by atoms with E-state index in [0.29, 0.717) is 11.0 Å². The van der Waals surface area contributed by atoms with Crippen molar-refractivity contribution in [2.75, 3.05) is 6.61 Å². The lowest BCUT2D eigenvalue weighted by molar-refractivity contribution is -0.123. The first-order valence-corrected chi connectivity index (χ1v) is 5.75. The molecule has 0 radical (unpaired) electrons. The maximum atomic E-state index is 11.4. The van der Waals surface area contributed by atoms with Crippen LogP contribution in [0.3, 0.4) is 0 Å². The average Bonchev–Trinajstić information content (AvgIpc) is 2.91. The number of fused-ring (bicyclic) bond motifs is 2. The smallest absolute Gasteiger partial charge is 0.336 e. The molecule has 2 heterocycles. The summed E-state index contributed by atoms with van der Waals surface area (Å²) in [5, 5.41) is 1.44. The van der Waals surface area contributed by atoms with Gasteiger partial charge in [0.2, 0.25) is 5.75 Å². The Labute approximate surface area is 111 Å². The molecular weight excluding hydrogens is 264 g/mol. The summed E-state index contributed by atoms with van der Waals surface area (Å²) < 4.78 is 15.8. The Kier molecular flexibility index (Phi) is 2.88. The Balaban J connectivity index is 2.21. The monoisotopic (exact) mass is 274 g/mol. The molecule has 0 atom stereocenters. The Hall–Kier alpha value is -2.80. The minimum absolute atomic E-state index is 0.198. The molecule has 1 aromatic carbocycles. The number of nitrogens with two attached hydrogens (primary N) is 1. The van der Waals surface area contributed by atoms with Crippen LogP contribution in [0.5, 0.6) is 5.75 Å². The molecule has 3 aromatic rings. The van der Waals surface area contributed by atoms with Gasteiger partial charge in [-0.1, -0.05) is 0 Å². The molecule has 3 N–H and O–H groups in total. The molecule has 102 valence electrons. The van der Waals surface area contributed by atoms with Crippen LogP contribution in [0.2, 0.25) is 0 Å². The number of hydrazine groups is 1. The number of carbonyl (C=O) groups excluding carboxylic acids is 1. The lowest BCUT2D eigenvalue weighted by Gasteiger charge is -2.08. The first-order chi connectivity index (χ1) is 9.69. The van der Waals surface area contributed by atoms with Gasteiger partial charge in [-0.3, -0.25) is 10.2 Å². The van der Waals surface area contributed by atoms with Crippen molar-refractivity contribution >= 4 is 27.8 Å². The Bertz CT molecular complexity index is 849. The van der Waals surface area contributed by atoms with Crippen molar-refractivity contribution in [2.24, 2.45) is 5.84 Å². The molecule has 3 rings (SSSR count). The molecular formula is C13H10N2O5. The van der Waals surface area contributed by atoms with Gasteiger partial charge in [0.25, 0.3) is 5.91 Å². The zero-order valence-electron chi connectivity index (χ0n) is 10.2. The quantitative estimate of drug-likeness (QED) is 0.318. The predicted molar refractivity (Wildman–Crippen MR) is 70.1 cm³/mol. The van der Waals surface area contributed by atoms with Crippen molar-refractivity contribution in [1.29, 1.82) is 0 Å². The van der Waals surface area contributed by atoms with Crippen molar-refractivity contribution in [3.8, 4) is 5.75 Å². The van der Waals surface area contributed by atoms with Crippen LogP contribution in [0.25, 0.3) is 21.9 Å². The van der Waals surface area contributed by atoms with Gasteiger partial charge in [0.1, 0.15) is 0 Å². The molecule has 7 heteroatoms. The van der Waals surface area contributed by atoms with Crippen LogP contribution in [-0.2, 0) is 4.79 Å². The second kappa shape index (κ2) is 4.71. The normalized spacial score (nSPS) is 10.8. The van der Waals surface area contributed by atoms with E-state index in [2.05, 4.69) is 0 Å². The molecule has 0 saturated carbocycles. The highest BCUT2D eigenvalue weighted by molar-refractivity contribution is 6.00. The van der Waals surface area contributed by atoms with Crippen molar-refractivity contribution in [2.45, 2.75) is 0 Å². The lowest BCUT2D eigenvalue weighted by Crippen LogP contribution is -2.34. The van der Waals surface area contributed by atoms with Crippen LogP contribution in [-0.4, -0.2) is 12.5 Å². The zero-order chi connectivity index (χ0) is 14.1. The molecule has 0 spiro atoms. The van der Waals surface area contributed by atoms with E-state index < -0.39 is 11.5 Å². The minimum Gasteiger partial charge on any atom is -0.476 e. The van der Waals surface area contributed by atoms with E-state index in [0.717, 1.165) is 5.39 Å². The SMILES string of the molecule is NNC(=O)COc1c2occc2cc2ccc(=O)oc12. The molecule has 0 aliphatic heterocycles. The first kappa shape index (κ1) is 12.2. The Morgan fingerprint density at radius 2 is 2.05 bits per heavy atom. The molecule has 0 aliphatic carbocycles. The maximum Gasteiger partial charge on any atom is 0.336 e. The summed E-state index contributed by atoms with van der Waals surface area (Å²) in [6.07, 6.45) is 1.48. The zero-order valence-corrected chi connectivity index (χ0v) is 10.2. The molecule has 20 heavy (non-hydrogen) atoms. The number of rotatable bonds is 3. The standard InChI is InChI=1S/C13H10N2O5/c14-15-9(16)6-19-13-11-8(3-4-18-11)5-7-1-2-10(17)20-12(7)13/h1-5H,6,14H2,(H,15,16). The number of hydrogen-bond acceptors (Lipinski definition) is 6. The van der Waals surface area contributed by atoms with Crippen LogP contribution in [0.1, 0.15) is 0 Å². The minimum atomic E-state index is -0.517. The summed E-state index contributed by atoms with van der Waals surface area (Å²) in [4.78, 5) is 22.5. The van der Waals surface area contributed by atoms with E-state index in [1.54, 1.807) is 18.2 Å². The summed E-state index contributed by atoms with van der Waals surface area (Å²) in [5.74, 6) is 4.67. The summed E-state index contributed by atoms with van der Waals surface area (Å²) in [6.45, 7) is -0.315. The van der Waals surface area contributed by atoms with Gasteiger partial charge in [0.15, 0.2) is 17.8 Å². The van der Waals surface area contributed by atoms with Crippen LogP contribution in [0.15, 0.2) is 44.2 Å². The Morgan fingerprint density at radius 1 is 1.25 bits per heavy atom. The number of ether oxygens (including phenoxy) is 1. The number of furan rings is 1. The van der Waals surface area contributed by atoms with Crippen molar-refractivity contribution < 1.29 is 18.4 Å². The van der Waals surface area contributed by atoms with Crippen LogP contribution >= 0.6 is 0 Å². The number of carbonyl (C=O) groups is 1. The van der Waals surface area contributed by atoms with E-state index >= 15 is 0 Å². The van der Waals surface area contributed by atoms with Gasteiger partial charge < -0.3 is 13.6 Å². The summed E-state index contributed by atoms with van der Waals surface area (Å²) in [7, 11) is 0. The number of amides is 1. The van der Waals surface area contributed by atoms with Gasteiger partial charge in [-0.2, -0.15) is 0 Å². The van der Waals surface area contributed by atoms with Crippen molar-refractivity contribution in [3.63, 3.8) is 0 Å². The fraction of sp³-hybridized carbons (Fsp3) is 0.0769. The fourth-order valence-corrected chi connectivity index (χ4v) is 1.92. The van der Waals surface area contributed by atoms with Gasteiger partial charge >= 0.3 is 5.63 Å². The van der Waals surface area contributed by atoms with Gasteiger partial charge in [-0.25, -0.2) is 10.6 Å². The van der Waals surface area contributed by atoms with Gasteiger partial charge in [0.05, 0.1) is 6.26 Å². The molecule has 7 nitrogen and oxygen atoms in total. The molecule has 0 saturated heterocycles. The third-order valence-electron chi connectivity index (χ3n) is 2.79. The summed E-state index contributed by atoms with van der Waals surface area (Å²) in [6, 6.07) is 6.47. The molecule has 1 amide bonds.